The average Bonchev–Trinajstić information content (AvgIpc) is 2.14. The Hall–Kier alpha value is 0.363. The second kappa shape index (κ2) is 2.78. The van der Waals surface area contributed by atoms with Crippen LogP contribution in [0.4, 0.5) is 0 Å². The molecule has 0 unspecified atom stereocenters. The van der Waals surface area contributed by atoms with Gasteiger partial charge in [-0.15, -0.1) is 0 Å². The topological polar surface area (TPSA) is 0 Å². The zero-order valence-corrected chi connectivity index (χ0v) is 7.53. The van der Waals surface area contributed by atoms with Crippen molar-refractivity contribution in [2.45, 2.75) is 19.8 Å². The molecule has 0 atom stereocenters. The summed E-state index contributed by atoms with van der Waals surface area (Å²) in [5.41, 5.74) is 1.57. The summed E-state index contributed by atoms with van der Waals surface area (Å²) < 4.78 is 1.64. The van der Waals surface area contributed by atoms with Crippen molar-refractivity contribution < 1.29 is 24.7 Å². The van der Waals surface area contributed by atoms with Gasteiger partial charge in [-0.1, -0.05) is 0 Å². The number of hydrogen-bond acceptors (Lipinski definition) is 0. The van der Waals surface area contributed by atoms with Gasteiger partial charge in [-0.25, -0.2) is 0 Å². The van der Waals surface area contributed by atoms with Gasteiger partial charge < -0.3 is 0 Å². The Bertz CT molecular complexity index is 142. The van der Waals surface area contributed by atoms with E-state index in [0.29, 0.717) is 0 Å². The van der Waals surface area contributed by atoms with Gasteiger partial charge in [-0.2, -0.15) is 0 Å². The van der Waals surface area contributed by atoms with Crippen LogP contribution in [0.25, 0.3) is 0 Å². The van der Waals surface area contributed by atoms with Crippen molar-refractivity contribution in [2.75, 3.05) is 0 Å². The molecule has 0 saturated heterocycles. The molecule has 41 valence electrons. The van der Waals surface area contributed by atoms with Crippen molar-refractivity contribution in [3.63, 3.8) is 0 Å². The molecule has 8 heavy (non-hydrogen) atoms. The molecule has 0 saturated carbocycles. The summed E-state index contributed by atoms with van der Waals surface area (Å²) >= 11 is 1.60. The minimum absolute atomic E-state index is 1.22. The van der Waals surface area contributed by atoms with Crippen LogP contribution in [0.5, 0.6) is 0 Å². The molecule has 0 amide bonds. The van der Waals surface area contributed by atoms with Crippen molar-refractivity contribution in [2.24, 2.45) is 0 Å². The SMILES string of the molecule is CCC1=[C]([Zr])CC=C1. The van der Waals surface area contributed by atoms with Gasteiger partial charge in [-0.3, -0.25) is 0 Å². The van der Waals surface area contributed by atoms with Crippen molar-refractivity contribution >= 4 is 0 Å². The fraction of sp³-hybridized carbons (Fsp3) is 0.429. The van der Waals surface area contributed by atoms with E-state index in [2.05, 4.69) is 19.1 Å². The molecule has 0 fully saturated rings. The van der Waals surface area contributed by atoms with Crippen LogP contribution in [0, 0.1) is 0 Å². The third-order valence-corrected chi connectivity index (χ3v) is 2.70. The first-order chi connectivity index (χ1) is 3.84. The second-order valence-electron chi connectivity index (χ2n) is 1.96. The molecule has 0 aliphatic heterocycles. The molecule has 0 heterocycles. The number of allylic oxidation sites excluding steroid dienone is 4. The van der Waals surface area contributed by atoms with Crippen LogP contribution in [0.2, 0.25) is 0 Å². The molecule has 0 aromatic heterocycles. The molecular formula is C7H9Zr. The summed E-state index contributed by atoms with van der Waals surface area (Å²) in [4.78, 5) is 0. The molecule has 1 rings (SSSR count). The van der Waals surface area contributed by atoms with Gasteiger partial charge in [0.1, 0.15) is 0 Å². The van der Waals surface area contributed by atoms with E-state index >= 15 is 0 Å². The predicted octanol–water partition coefficient (Wildman–Crippen LogP) is 2.16. The van der Waals surface area contributed by atoms with E-state index in [0.717, 1.165) is 0 Å². The van der Waals surface area contributed by atoms with E-state index in [9.17, 15) is 0 Å². The van der Waals surface area contributed by atoms with Gasteiger partial charge in [0.05, 0.1) is 0 Å². The van der Waals surface area contributed by atoms with E-state index in [1.807, 2.05) is 0 Å². The fourth-order valence-electron chi connectivity index (χ4n) is 0.882. The van der Waals surface area contributed by atoms with Crippen molar-refractivity contribution in [3.8, 4) is 0 Å². The summed E-state index contributed by atoms with van der Waals surface area (Å²) in [5, 5.41) is 0. The minimum atomic E-state index is 1.22. The molecule has 1 aliphatic rings. The fourth-order valence-corrected chi connectivity index (χ4v) is 1.81. The molecule has 0 nitrogen and oxygen atoms in total. The van der Waals surface area contributed by atoms with Gasteiger partial charge in [0.15, 0.2) is 0 Å². The summed E-state index contributed by atoms with van der Waals surface area (Å²) in [6.45, 7) is 2.22. The molecular weight excluding hydrogens is 175 g/mol. The van der Waals surface area contributed by atoms with Gasteiger partial charge in [0, 0.05) is 0 Å². The second-order valence-corrected chi connectivity index (χ2v) is 3.45. The maximum atomic E-state index is 2.25. The van der Waals surface area contributed by atoms with E-state index in [1.54, 1.807) is 33.6 Å². The van der Waals surface area contributed by atoms with Crippen LogP contribution in [0.15, 0.2) is 21.0 Å². The van der Waals surface area contributed by atoms with Crippen LogP contribution in [0.1, 0.15) is 19.8 Å². The van der Waals surface area contributed by atoms with E-state index in [1.165, 1.54) is 12.8 Å². The average molecular weight is 184 g/mol. The van der Waals surface area contributed by atoms with Crippen LogP contribution in [-0.4, -0.2) is 0 Å². The van der Waals surface area contributed by atoms with Crippen LogP contribution >= 0.6 is 0 Å². The van der Waals surface area contributed by atoms with Gasteiger partial charge in [-0.05, 0) is 0 Å². The first-order valence-electron chi connectivity index (χ1n) is 2.94. The van der Waals surface area contributed by atoms with Crippen LogP contribution < -0.4 is 0 Å². The van der Waals surface area contributed by atoms with Gasteiger partial charge in [0.2, 0.25) is 0 Å². The zero-order chi connectivity index (χ0) is 5.98. The van der Waals surface area contributed by atoms with Crippen LogP contribution in [-0.2, 0) is 24.7 Å². The Morgan fingerprint density at radius 3 is 2.75 bits per heavy atom. The maximum absolute atomic E-state index is 2.25. The molecule has 0 spiro atoms. The third-order valence-electron chi connectivity index (χ3n) is 1.41. The Balaban J connectivity index is 2.70. The Kier molecular flexibility index (Phi) is 2.25. The predicted molar refractivity (Wildman–Crippen MR) is 31.1 cm³/mol. The van der Waals surface area contributed by atoms with Crippen molar-refractivity contribution in [1.29, 1.82) is 0 Å². The third kappa shape index (κ3) is 1.20. The molecule has 1 aliphatic carbocycles. The summed E-state index contributed by atoms with van der Waals surface area (Å²) in [7, 11) is 0. The van der Waals surface area contributed by atoms with E-state index in [4.69, 9.17) is 0 Å². The molecule has 0 bridgehead atoms. The van der Waals surface area contributed by atoms with Crippen LogP contribution in [0.3, 0.4) is 0 Å². The zero-order valence-electron chi connectivity index (χ0n) is 5.07. The molecule has 0 aromatic rings. The number of hydrogen-bond donors (Lipinski definition) is 0. The first-order valence-corrected chi connectivity index (χ1v) is 4.17. The Morgan fingerprint density at radius 2 is 2.50 bits per heavy atom. The monoisotopic (exact) mass is 183 g/mol. The molecule has 0 aromatic carbocycles. The quantitative estimate of drug-likeness (QED) is 0.586. The van der Waals surface area contributed by atoms with Crippen molar-refractivity contribution in [3.05, 3.63) is 21.0 Å². The normalized spacial score (nSPS) is 18.0. The summed E-state index contributed by atoms with van der Waals surface area (Å²) in [6.07, 6.45) is 6.95. The molecule has 1 heteroatoms. The van der Waals surface area contributed by atoms with Crippen molar-refractivity contribution in [1.82, 2.24) is 0 Å². The van der Waals surface area contributed by atoms with Gasteiger partial charge in [0.25, 0.3) is 0 Å². The summed E-state index contributed by atoms with van der Waals surface area (Å²) in [5.74, 6) is 0. The summed E-state index contributed by atoms with van der Waals surface area (Å²) in [6, 6.07) is 0. The molecule has 0 N–H and O–H groups in total. The van der Waals surface area contributed by atoms with Gasteiger partial charge >= 0.3 is 65.5 Å². The Morgan fingerprint density at radius 1 is 1.75 bits per heavy atom. The molecule has 0 radical (unpaired) electrons. The first kappa shape index (κ1) is 6.48. The van der Waals surface area contributed by atoms with E-state index < -0.39 is 0 Å². The number of rotatable bonds is 1. The van der Waals surface area contributed by atoms with E-state index in [-0.39, 0.29) is 0 Å². The Labute approximate surface area is 65.5 Å². The standard InChI is InChI=1S/C7H9.Zr/c1-2-7-5-3-4-6-7;/h3,5H,2,4H2,1H3;.